The number of pyridine rings is 1. The van der Waals surface area contributed by atoms with Gasteiger partial charge in [-0.1, -0.05) is 32.9 Å². The van der Waals surface area contributed by atoms with Crippen LogP contribution in [-0.4, -0.2) is 0 Å². The minimum absolute atomic E-state index is 0.560. The van der Waals surface area contributed by atoms with Gasteiger partial charge in [-0.15, -0.1) is 0 Å². The number of hydrogen-bond acceptors (Lipinski definition) is 0. The molecule has 2 aromatic rings. The predicted octanol–water partition coefficient (Wildman–Crippen LogP) is 4.48. The van der Waals surface area contributed by atoms with Crippen molar-refractivity contribution in [1.29, 1.82) is 0 Å². The van der Waals surface area contributed by atoms with Crippen molar-refractivity contribution in [2.75, 3.05) is 0 Å². The van der Waals surface area contributed by atoms with E-state index in [0.29, 0.717) is 5.92 Å². The first kappa shape index (κ1) is 14.8. The summed E-state index contributed by atoms with van der Waals surface area (Å²) in [7, 11) is 2.14. The predicted molar refractivity (Wildman–Crippen MR) is 86.0 cm³/mol. The maximum atomic E-state index is 2.36. The number of rotatable bonds is 3. The second-order valence-corrected chi connectivity index (χ2v) is 6.07. The molecule has 0 amide bonds. The smallest absolute Gasteiger partial charge is 0.201 e. The van der Waals surface area contributed by atoms with Crippen LogP contribution in [0.1, 0.15) is 48.9 Å². The van der Waals surface area contributed by atoms with Gasteiger partial charge in [0.2, 0.25) is 5.69 Å². The molecule has 0 aliphatic carbocycles. The Hall–Kier alpha value is -1.63. The lowest BCUT2D eigenvalue weighted by molar-refractivity contribution is -0.660. The van der Waals surface area contributed by atoms with E-state index >= 15 is 0 Å². The molecule has 0 N–H and O–H groups in total. The van der Waals surface area contributed by atoms with Crippen LogP contribution in [0, 0.1) is 13.8 Å². The molecule has 1 heteroatoms. The van der Waals surface area contributed by atoms with Gasteiger partial charge in [0.25, 0.3) is 0 Å². The lowest BCUT2D eigenvalue weighted by atomic mass is 9.95. The fourth-order valence-electron chi connectivity index (χ4n) is 2.92. The normalized spacial score (nSPS) is 11.2. The Balaban J connectivity index is 2.60. The summed E-state index contributed by atoms with van der Waals surface area (Å²) in [5, 5.41) is 0. The molecule has 0 unspecified atom stereocenters. The molecular formula is C19H26N+. The highest BCUT2D eigenvalue weighted by molar-refractivity contribution is 5.62. The summed E-state index contributed by atoms with van der Waals surface area (Å²) < 4.78 is 2.25. The monoisotopic (exact) mass is 268 g/mol. The summed E-state index contributed by atoms with van der Waals surface area (Å²) in [6.07, 6.45) is 3.34. The maximum Gasteiger partial charge on any atom is 0.212 e. The van der Waals surface area contributed by atoms with E-state index in [1.54, 1.807) is 0 Å². The Labute approximate surface area is 123 Å². The molecule has 1 aromatic heterocycles. The van der Waals surface area contributed by atoms with Crippen LogP contribution in [0.25, 0.3) is 11.3 Å². The third-order valence-corrected chi connectivity index (χ3v) is 4.11. The molecule has 0 spiro atoms. The second kappa shape index (κ2) is 5.78. The second-order valence-electron chi connectivity index (χ2n) is 6.07. The van der Waals surface area contributed by atoms with Crippen LogP contribution < -0.4 is 4.57 Å². The molecule has 0 fully saturated rings. The van der Waals surface area contributed by atoms with E-state index < -0.39 is 0 Å². The number of aromatic nitrogens is 1. The van der Waals surface area contributed by atoms with Crippen molar-refractivity contribution in [1.82, 2.24) is 0 Å². The van der Waals surface area contributed by atoms with Gasteiger partial charge in [0.15, 0.2) is 6.20 Å². The first-order chi connectivity index (χ1) is 9.43. The van der Waals surface area contributed by atoms with E-state index in [9.17, 15) is 0 Å². The Morgan fingerprint density at radius 1 is 1.05 bits per heavy atom. The van der Waals surface area contributed by atoms with Crippen LogP contribution in [-0.2, 0) is 13.5 Å². The van der Waals surface area contributed by atoms with Crippen LogP contribution in [0.3, 0.4) is 0 Å². The summed E-state index contributed by atoms with van der Waals surface area (Å²) in [5.74, 6) is 0.560. The quantitative estimate of drug-likeness (QED) is 0.723. The Morgan fingerprint density at radius 2 is 1.75 bits per heavy atom. The maximum absolute atomic E-state index is 2.36. The first-order valence-electron chi connectivity index (χ1n) is 7.54. The van der Waals surface area contributed by atoms with Gasteiger partial charge in [0.1, 0.15) is 7.05 Å². The third-order valence-electron chi connectivity index (χ3n) is 4.11. The van der Waals surface area contributed by atoms with E-state index in [4.69, 9.17) is 0 Å². The molecule has 0 saturated carbocycles. The van der Waals surface area contributed by atoms with E-state index in [1.807, 2.05) is 0 Å². The molecule has 1 nitrogen and oxygen atoms in total. The molecule has 1 aromatic carbocycles. The van der Waals surface area contributed by atoms with Crippen molar-refractivity contribution in [3.05, 3.63) is 52.7 Å². The molecule has 2 rings (SSSR count). The Morgan fingerprint density at radius 3 is 2.30 bits per heavy atom. The van der Waals surface area contributed by atoms with Crippen LogP contribution in [0.5, 0.6) is 0 Å². The standard InChI is InChI=1S/C19H26N/c1-7-16-8-9-17(14(4)10-16)19-11-18(13(2)3)15(5)12-20(19)6/h8-13H,7H2,1-6H3/q+1. The van der Waals surface area contributed by atoms with Gasteiger partial charge in [0, 0.05) is 17.2 Å². The van der Waals surface area contributed by atoms with E-state index in [2.05, 4.69) is 76.7 Å². The molecule has 20 heavy (non-hydrogen) atoms. The van der Waals surface area contributed by atoms with Crippen LogP contribution in [0.2, 0.25) is 0 Å². The fraction of sp³-hybridized carbons (Fsp3) is 0.421. The number of benzene rings is 1. The van der Waals surface area contributed by atoms with E-state index in [1.165, 1.54) is 33.5 Å². The molecule has 106 valence electrons. The lowest BCUT2D eigenvalue weighted by Gasteiger charge is -2.12. The van der Waals surface area contributed by atoms with Crippen molar-refractivity contribution in [2.24, 2.45) is 7.05 Å². The van der Waals surface area contributed by atoms with Crippen molar-refractivity contribution in [3.8, 4) is 11.3 Å². The summed E-state index contributed by atoms with van der Waals surface area (Å²) in [4.78, 5) is 0. The summed E-state index contributed by atoms with van der Waals surface area (Å²) in [6.45, 7) is 11.1. The van der Waals surface area contributed by atoms with Gasteiger partial charge in [-0.25, -0.2) is 4.57 Å². The highest BCUT2D eigenvalue weighted by atomic mass is 14.9. The van der Waals surface area contributed by atoms with Gasteiger partial charge >= 0.3 is 0 Å². The van der Waals surface area contributed by atoms with Crippen molar-refractivity contribution in [2.45, 2.75) is 47.0 Å². The fourth-order valence-corrected chi connectivity index (χ4v) is 2.92. The molecule has 0 aliphatic heterocycles. The number of aryl methyl sites for hydroxylation is 4. The van der Waals surface area contributed by atoms with Gasteiger partial charge < -0.3 is 0 Å². The highest BCUT2D eigenvalue weighted by Crippen LogP contribution is 2.26. The van der Waals surface area contributed by atoms with Crippen molar-refractivity contribution < 1.29 is 4.57 Å². The Bertz CT molecular complexity index is 624. The molecule has 0 atom stereocenters. The SMILES string of the molecule is CCc1ccc(-c2cc(C(C)C)c(C)c[n+]2C)c(C)c1. The minimum Gasteiger partial charge on any atom is -0.201 e. The zero-order chi connectivity index (χ0) is 14.9. The summed E-state index contributed by atoms with van der Waals surface area (Å²) in [5.41, 5.74) is 8.22. The molecule has 1 heterocycles. The van der Waals surface area contributed by atoms with E-state index in [0.717, 1.165) is 6.42 Å². The van der Waals surface area contributed by atoms with E-state index in [-0.39, 0.29) is 0 Å². The average molecular weight is 268 g/mol. The van der Waals surface area contributed by atoms with Crippen LogP contribution in [0.4, 0.5) is 0 Å². The van der Waals surface area contributed by atoms with Crippen molar-refractivity contribution >= 4 is 0 Å². The third kappa shape index (κ3) is 2.77. The molecule has 0 saturated heterocycles. The number of nitrogens with zero attached hydrogens (tertiary/aromatic N) is 1. The summed E-state index contributed by atoms with van der Waals surface area (Å²) in [6, 6.07) is 9.18. The largest absolute Gasteiger partial charge is 0.212 e. The molecule has 0 radical (unpaired) electrons. The lowest BCUT2D eigenvalue weighted by Crippen LogP contribution is -2.32. The molecular weight excluding hydrogens is 242 g/mol. The van der Waals surface area contributed by atoms with Crippen molar-refractivity contribution in [3.63, 3.8) is 0 Å². The first-order valence-corrected chi connectivity index (χ1v) is 7.54. The topological polar surface area (TPSA) is 3.88 Å². The number of hydrogen-bond donors (Lipinski definition) is 0. The Kier molecular flexibility index (Phi) is 4.27. The molecule has 0 bridgehead atoms. The van der Waals surface area contributed by atoms with Gasteiger partial charge in [-0.05, 0) is 48.9 Å². The summed E-state index contributed by atoms with van der Waals surface area (Å²) >= 11 is 0. The minimum atomic E-state index is 0.560. The van der Waals surface area contributed by atoms with Crippen LogP contribution >= 0.6 is 0 Å². The average Bonchev–Trinajstić information content (AvgIpc) is 2.39. The van der Waals surface area contributed by atoms with Gasteiger partial charge in [0.05, 0.1) is 0 Å². The zero-order valence-electron chi connectivity index (χ0n) is 13.6. The zero-order valence-corrected chi connectivity index (χ0v) is 13.6. The van der Waals surface area contributed by atoms with Crippen LogP contribution in [0.15, 0.2) is 30.5 Å². The highest BCUT2D eigenvalue weighted by Gasteiger charge is 2.17. The van der Waals surface area contributed by atoms with Gasteiger partial charge in [-0.3, -0.25) is 0 Å². The van der Waals surface area contributed by atoms with Gasteiger partial charge in [-0.2, -0.15) is 0 Å². The molecule has 0 aliphatic rings.